The first-order valence-electron chi connectivity index (χ1n) is 8.83. The summed E-state index contributed by atoms with van der Waals surface area (Å²) >= 11 is 0. The third-order valence-electron chi connectivity index (χ3n) is 4.38. The van der Waals surface area contributed by atoms with E-state index in [0.29, 0.717) is 24.2 Å². The highest BCUT2D eigenvalue weighted by Gasteiger charge is 2.21. The molecule has 0 aliphatic heterocycles. The molecule has 0 heterocycles. The second kappa shape index (κ2) is 8.94. The molecule has 28 heavy (non-hydrogen) atoms. The molecular formula is C19H23N3O5S. The number of rotatable bonds is 8. The Kier molecular flexibility index (Phi) is 6.87. The van der Waals surface area contributed by atoms with Crippen LogP contribution in [0.25, 0.3) is 0 Å². The monoisotopic (exact) mass is 405 g/mol. The smallest absolute Gasteiger partial charge is 0.272 e. The van der Waals surface area contributed by atoms with Crippen LogP contribution in [0.1, 0.15) is 35.3 Å². The van der Waals surface area contributed by atoms with E-state index in [-0.39, 0.29) is 23.0 Å². The molecule has 0 unspecified atom stereocenters. The molecule has 2 rings (SSSR count). The molecule has 8 nitrogen and oxygen atoms in total. The third kappa shape index (κ3) is 4.73. The van der Waals surface area contributed by atoms with Gasteiger partial charge in [0.25, 0.3) is 11.6 Å². The number of hydrogen-bond acceptors (Lipinski definition) is 5. The zero-order valence-electron chi connectivity index (χ0n) is 16.0. The van der Waals surface area contributed by atoms with Crippen molar-refractivity contribution in [3.05, 3.63) is 69.3 Å². The van der Waals surface area contributed by atoms with E-state index < -0.39 is 14.9 Å². The molecule has 0 fully saturated rings. The van der Waals surface area contributed by atoms with Crippen molar-refractivity contribution >= 4 is 21.6 Å². The highest BCUT2D eigenvalue weighted by atomic mass is 32.2. The van der Waals surface area contributed by atoms with Gasteiger partial charge in [0.1, 0.15) is 0 Å². The first kappa shape index (κ1) is 21.5. The van der Waals surface area contributed by atoms with Gasteiger partial charge >= 0.3 is 0 Å². The van der Waals surface area contributed by atoms with Crippen LogP contribution in [0.2, 0.25) is 0 Å². The molecule has 0 atom stereocenters. The first-order chi connectivity index (χ1) is 13.2. The van der Waals surface area contributed by atoms with Gasteiger partial charge in [-0.2, -0.15) is 4.31 Å². The number of amides is 1. The van der Waals surface area contributed by atoms with Crippen LogP contribution in [0.15, 0.2) is 47.4 Å². The summed E-state index contributed by atoms with van der Waals surface area (Å²) in [7, 11) is -3.52. The van der Waals surface area contributed by atoms with Crippen molar-refractivity contribution in [2.24, 2.45) is 0 Å². The van der Waals surface area contributed by atoms with Gasteiger partial charge in [-0.05, 0) is 36.8 Å². The minimum absolute atomic E-state index is 0.0402. The predicted molar refractivity (Wildman–Crippen MR) is 106 cm³/mol. The van der Waals surface area contributed by atoms with Crippen molar-refractivity contribution in [1.29, 1.82) is 0 Å². The average molecular weight is 405 g/mol. The predicted octanol–water partition coefficient (Wildman–Crippen LogP) is 2.86. The van der Waals surface area contributed by atoms with Crippen molar-refractivity contribution in [2.45, 2.75) is 32.2 Å². The van der Waals surface area contributed by atoms with Gasteiger partial charge in [-0.25, -0.2) is 8.42 Å². The molecule has 150 valence electrons. The molecule has 0 radical (unpaired) electrons. The highest BCUT2D eigenvalue weighted by molar-refractivity contribution is 7.89. The van der Waals surface area contributed by atoms with Gasteiger partial charge in [-0.15, -0.1) is 0 Å². The minimum atomic E-state index is -3.52. The zero-order chi connectivity index (χ0) is 20.9. The summed E-state index contributed by atoms with van der Waals surface area (Å²) in [5.41, 5.74) is 1.43. The fourth-order valence-corrected chi connectivity index (χ4v) is 4.24. The van der Waals surface area contributed by atoms with Crippen molar-refractivity contribution in [3.63, 3.8) is 0 Å². The molecular weight excluding hydrogens is 382 g/mol. The fourth-order valence-electron chi connectivity index (χ4n) is 2.78. The van der Waals surface area contributed by atoms with E-state index in [4.69, 9.17) is 0 Å². The Hall–Kier alpha value is -2.78. The van der Waals surface area contributed by atoms with E-state index in [1.165, 1.54) is 34.6 Å². The fraction of sp³-hybridized carbons (Fsp3) is 0.316. The summed E-state index contributed by atoms with van der Waals surface area (Å²) < 4.78 is 26.3. The zero-order valence-corrected chi connectivity index (χ0v) is 16.8. The molecule has 0 saturated carbocycles. The van der Waals surface area contributed by atoms with E-state index in [2.05, 4.69) is 5.32 Å². The summed E-state index contributed by atoms with van der Waals surface area (Å²) in [5.74, 6) is -0.363. The van der Waals surface area contributed by atoms with Crippen molar-refractivity contribution in [2.75, 3.05) is 13.1 Å². The number of nitro groups is 1. The first-order valence-corrected chi connectivity index (χ1v) is 10.3. The van der Waals surface area contributed by atoms with Crippen LogP contribution < -0.4 is 5.32 Å². The Morgan fingerprint density at radius 3 is 2.21 bits per heavy atom. The minimum Gasteiger partial charge on any atom is -0.348 e. The number of benzene rings is 2. The van der Waals surface area contributed by atoms with Gasteiger partial charge in [0.2, 0.25) is 10.0 Å². The maximum Gasteiger partial charge on any atom is 0.272 e. The summed E-state index contributed by atoms with van der Waals surface area (Å²) in [6.45, 7) is 6.14. The highest BCUT2D eigenvalue weighted by Crippen LogP contribution is 2.19. The van der Waals surface area contributed by atoms with Crippen LogP contribution in [0.5, 0.6) is 0 Å². The Bertz CT molecular complexity index is 968. The van der Waals surface area contributed by atoms with Crippen molar-refractivity contribution in [1.82, 2.24) is 9.62 Å². The third-order valence-corrected chi connectivity index (χ3v) is 6.44. The second-order valence-electron chi connectivity index (χ2n) is 6.17. The number of sulfonamides is 1. The Morgan fingerprint density at radius 1 is 1.11 bits per heavy atom. The number of nitrogens with zero attached hydrogens (tertiary/aromatic N) is 2. The molecule has 0 aliphatic rings. The van der Waals surface area contributed by atoms with Gasteiger partial charge in [0.05, 0.1) is 9.82 Å². The van der Waals surface area contributed by atoms with Crippen LogP contribution >= 0.6 is 0 Å². The van der Waals surface area contributed by atoms with E-state index in [1.807, 2.05) is 0 Å². The Balaban J connectivity index is 2.06. The maximum absolute atomic E-state index is 12.5. The lowest BCUT2D eigenvalue weighted by molar-refractivity contribution is -0.385. The molecule has 1 amide bonds. The number of carbonyl (C=O) groups is 1. The number of nitrogens with one attached hydrogen (secondary N) is 1. The quantitative estimate of drug-likeness (QED) is 0.536. The average Bonchev–Trinajstić information content (AvgIpc) is 2.66. The largest absolute Gasteiger partial charge is 0.348 e. The van der Waals surface area contributed by atoms with Gasteiger partial charge in [0.15, 0.2) is 0 Å². The molecule has 2 aromatic carbocycles. The lowest BCUT2D eigenvalue weighted by Gasteiger charge is -2.18. The normalized spacial score (nSPS) is 11.4. The topological polar surface area (TPSA) is 110 Å². The van der Waals surface area contributed by atoms with Gasteiger partial charge in [-0.3, -0.25) is 14.9 Å². The summed E-state index contributed by atoms with van der Waals surface area (Å²) in [6.07, 6.45) is 0. The van der Waals surface area contributed by atoms with Crippen LogP contribution in [-0.4, -0.2) is 36.6 Å². The van der Waals surface area contributed by atoms with Gasteiger partial charge in [0, 0.05) is 36.8 Å². The summed E-state index contributed by atoms with van der Waals surface area (Å²) in [5, 5.41) is 13.6. The van der Waals surface area contributed by atoms with Crippen LogP contribution in [-0.2, 0) is 16.6 Å². The van der Waals surface area contributed by atoms with Crippen LogP contribution in [0.3, 0.4) is 0 Å². The van der Waals surface area contributed by atoms with Gasteiger partial charge < -0.3 is 5.32 Å². The van der Waals surface area contributed by atoms with Crippen molar-refractivity contribution in [3.8, 4) is 0 Å². The van der Waals surface area contributed by atoms with E-state index in [0.717, 1.165) is 5.56 Å². The molecule has 2 aromatic rings. The number of hydrogen-bond donors (Lipinski definition) is 1. The Morgan fingerprint density at radius 2 is 1.71 bits per heavy atom. The summed E-state index contributed by atoms with van der Waals surface area (Å²) in [6, 6.07) is 10.5. The lowest BCUT2D eigenvalue weighted by Crippen LogP contribution is -2.30. The molecule has 0 aromatic heterocycles. The molecule has 1 N–H and O–H groups in total. The van der Waals surface area contributed by atoms with E-state index >= 15 is 0 Å². The van der Waals surface area contributed by atoms with Crippen molar-refractivity contribution < 1.29 is 18.1 Å². The molecule has 9 heteroatoms. The lowest BCUT2D eigenvalue weighted by atomic mass is 10.1. The Labute approximate surface area is 164 Å². The number of nitro benzene ring substituents is 1. The summed E-state index contributed by atoms with van der Waals surface area (Å²) in [4.78, 5) is 22.8. The number of aryl methyl sites for hydroxylation is 1. The molecule has 0 bridgehead atoms. The van der Waals surface area contributed by atoms with Crippen LogP contribution in [0, 0.1) is 17.0 Å². The second-order valence-corrected chi connectivity index (χ2v) is 8.11. The van der Waals surface area contributed by atoms with Gasteiger partial charge in [-0.1, -0.05) is 26.0 Å². The SMILES string of the molecule is CCN(CC)S(=O)(=O)c1ccc(CNC(=O)c2ccc([N+](=O)[O-])c(C)c2)cc1. The van der Waals surface area contributed by atoms with E-state index in [9.17, 15) is 23.3 Å². The number of carbonyl (C=O) groups excluding carboxylic acids is 1. The molecule has 0 aliphatic carbocycles. The van der Waals surface area contributed by atoms with Crippen LogP contribution in [0.4, 0.5) is 5.69 Å². The maximum atomic E-state index is 12.5. The molecule has 0 saturated heterocycles. The molecule has 0 spiro atoms. The standard InChI is InChI=1S/C19H23N3O5S/c1-4-21(5-2)28(26,27)17-9-6-15(7-10-17)13-20-19(23)16-8-11-18(22(24)25)14(3)12-16/h6-12H,4-5,13H2,1-3H3,(H,20,23). The van der Waals surface area contributed by atoms with E-state index in [1.54, 1.807) is 32.9 Å².